The number of rotatable bonds is 3. The van der Waals surface area contributed by atoms with E-state index in [0.29, 0.717) is 0 Å². The summed E-state index contributed by atoms with van der Waals surface area (Å²) in [5, 5.41) is 2.19. The quantitative estimate of drug-likeness (QED) is 0.684. The van der Waals surface area contributed by atoms with Gasteiger partial charge in [-0.05, 0) is 18.4 Å². The minimum Gasteiger partial charge on any atom is -0.227 e. The first-order valence-corrected chi connectivity index (χ1v) is 4.91. The molecular formula is C11H15N2. The second-order valence-electron chi connectivity index (χ2n) is 3.45. The zero-order valence-corrected chi connectivity index (χ0v) is 7.82. The van der Waals surface area contributed by atoms with Crippen molar-refractivity contribution in [2.24, 2.45) is 0 Å². The van der Waals surface area contributed by atoms with Crippen LogP contribution in [0.2, 0.25) is 0 Å². The van der Waals surface area contributed by atoms with Crippen molar-refractivity contribution in [1.29, 1.82) is 0 Å². The summed E-state index contributed by atoms with van der Waals surface area (Å²) >= 11 is 0. The molecule has 0 amide bonds. The summed E-state index contributed by atoms with van der Waals surface area (Å²) in [7, 11) is 0. The van der Waals surface area contributed by atoms with Gasteiger partial charge in [-0.15, -0.1) is 0 Å². The van der Waals surface area contributed by atoms with Crippen LogP contribution in [0.4, 0.5) is 0 Å². The first-order chi connectivity index (χ1) is 6.45. The van der Waals surface area contributed by atoms with Crippen molar-refractivity contribution in [1.82, 2.24) is 10.4 Å². The van der Waals surface area contributed by atoms with E-state index in [4.69, 9.17) is 0 Å². The van der Waals surface area contributed by atoms with Gasteiger partial charge < -0.3 is 0 Å². The number of benzene rings is 1. The van der Waals surface area contributed by atoms with Crippen LogP contribution in [0.1, 0.15) is 18.4 Å². The molecule has 1 saturated heterocycles. The maximum atomic E-state index is 4.53. The molecule has 2 rings (SSSR count). The molecule has 1 aliphatic heterocycles. The molecule has 0 spiro atoms. The molecule has 1 aromatic rings. The molecule has 0 N–H and O–H groups in total. The maximum Gasteiger partial charge on any atom is 0.0557 e. The van der Waals surface area contributed by atoms with Crippen LogP contribution < -0.4 is 5.43 Å². The van der Waals surface area contributed by atoms with E-state index >= 15 is 0 Å². The smallest absolute Gasteiger partial charge is 0.0557 e. The van der Waals surface area contributed by atoms with E-state index in [1.807, 2.05) is 6.07 Å². The lowest BCUT2D eigenvalue weighted by Crippen LogP contribution is -2.28. The van der Waals surface area contributed by atoms with Crippen LogP contribution in [0.15, 0.2) is 30.3 Å². The highest BCUT2D eigenvalue weighted by Crippen LogP contribution is 2.06. The Morgan fingerprint density at radius 1 is 1.08 bits per heavy atom. The molecule has 1 aliphatic rings. The van der Waals surface area contributed by atoms with Gasteiger partial charge in [0.05, 0.1) is 6.54 Å². The van der Waals surface area contributed by atoms with E-state index in [0.717, 1.165) is 19.6 Å². The molecule has 1 fully saturated rings. The molecule has 69 valence electrons. The number of nitrogens with zero attached hydrogens (tertiary/aromatic N) is 2. The summed E-state index contributed by atoms with van der Waals surface area (Å²) in [5.41, 5.74) is 5.83. The van der Waals surface area contributed by atoms with Gasteiger partial charge in [0.15, 0.2) is 0 Å². The van der Waals surface area contributed by atoms with Crippen LogP contribution in [-0.4, -0.2) is 18.1 Å². The van der Waals surface area contributed by atoms with Crippen molar-refractivity contribution in [3.63, 3.8) is 0 Å². The van der Waals surface area contributed by atoms with E-state index in [1.54, 1.807) is 0 Å². The Morgan fingerprint density at radius 2 is 1.77 bits per heavy atom. The van der Waals surface area contributed by atoms with Gasteiger partial charge >= 0.3 is 0 Å². The Balaban J connectivity index is 1.79. The van der Waals surface area contributed by atoms with Crippen molar-refractivity contribution in [3.05, 3.63) is 35.9 Å². The average molecular weight is 175 g/mol. The van der Waals surface area contributed by atoms with E-state index < -0.39 is 0 Å². The van der Waals surface area contributed by atoms with Crippen LogP contribution in [0.3, 0.4) is 0 Å². The molecular weight excluding hydrogens is 160 g/mol. The largest absolute Gasteiger partial charge is 0.227 e. The second kappa shape index (κ2) is 4.40. The van der Waals surface area contributed by atoms with E-state index in [9.17, 15) is 0 Å². The fourth-order valence-corrected chi connectivity index (χ4v) is 1.61. The SMILES string of the molecule is c1ccc(C[N]N2CCCC2)cc1. The van der Waals surface area contributed by atoms with Crippen molar-refractivity contribution >= 4 is 0 Å². The Labute approximate surface area is 79.5 Å². The highest BCUT2D eigenvalue weighted by molar-refractivity contribution is 5.13. The summed E-state index contributed by atoms with van der Waals surface area (Å²) in [6.07, 6.45) is 2.61. The number of hydrogen-bond acceptors (Lipinski definition) is 1. The van der Waals surface area contributed by atoms with E-state index in [2.05, 4.69) is 34.7 Å². The standard InChI is InChI=1S/C11H15N2/c1-2-6-11(7-3-1)10-12-13-8-4-5-9-13/h1-3,6-7H,4-5,8-10H2. The summed E-state index contributed by atoms with van der Waals surface area (Å²) in [4.78, 5) is 0. The molecule has 0 atom stereocenters. The molecule has 2 nitrogen and oxygen atoms in total. The maximum absolute atomic E-state index is 4.53. The lowest BCUT2D eigenvalue weighted by Gasteiger charge is -2.13. The monoisotopic (exact) mass is 175 g/mol. The van der Waals surface area contributed by atoms with Gasteiger partial charge in [-0.3, -0.25) is 0 Å². The van der Waals surface area contributed by atoms with Gasteiger partial charge in [0.2, 0.25) is 0 Å². The fraction of sp³-hybridized carbons (Fsp3) is 0.455. The molecule has 13 heavy (non-hydrogen) atoms. The zero-order valence-electron chi connectivity index (χ0n) is 7.82. The number of hydrogen-bond donors (Lipinski definition) is 0. The van der Waals surface area contributed by atoms with E-state index in [1.165, 1.54) is 18.4 Å². The Kier molecular flexibility index (Phi) is 2.95. The topological polar surface area (TPSA) is 17.3 Å². The molecule has 2 heteroatoms. The first-order valence-electron chi connectivity index (χ1n) is 4.91. The van der Waals surface area contributed by atoms with Gasteiger partial charge in [-0.2, -0.15) is 5.43 Å². The third-order valence-corrected chi connectivity index (χ3v) is 2.38. The lowest BCUT2D eigenvalue weighted by molar-refractivity contribution is 0.222. The van der Waals surface area contributed by atoms with Gasteiger partial charge in [0, 0.05) is 13.1 Å². The van der Waals surface area contributed by atoms with Crippen LogP contribution in [0.5, 0.6) is 0 Å². The Hall–Kier alpha value is -0.860. The first kappa shape index (κ1) is 8.73. The summed E-state index contributed by atoms with van der Waals surface area (Å²) in [6, 6.07) is 10.4. The third-order valence-electron chi connectivity index (χ3n) is 2.38. The Morgan fingerprint density at radius 3 is 2.46 bits per heavy atom. The molecule has 0 aliphatic carbocycles. The highest BCUT2D eigenvalue weighted by Gasteiger charge is 2.11. The van der Waals surface area contributed by atoms with Crippen molar-refractivity contribution in [3.8, 4) is 0 Å². The Bertz CT molecular complexity index is 240. The van der Waals surface area contributed by atoms with Crippen molar-refractivity contribution in [2.45, 2.75) is 19.4 Å². The molecule has 1 heterocycles. The minimum absolute atomic E-state index is 0.834. The normalized spacial score (nSPS) is 17.8. The van der Waals surface area contributed by atoms with Gasteiger partial charge in [-0.25, -0.2) is 5.01 Å². The van der Waals surface area contributed by atoms with E-state index in [-0.39, 0.29) is 0 Å². The predicted octanol–water partition coefficient (Wildman–Crippen LogP) is 1.80. The summed E-state index contributed by atoms with van der Waals surface area (Å²) < 4.78 is 0. The molecule has 1 radical (unpaired) electrons. The lowest BCUT2D eigenvalue weighted by atomic mass is 10.2. The van der Waals surface area contributed by atoms with Crippen LogP contribution in [0.25, 0.3) is 0 Å². The highest BCUT2D eigenvalue weighted by atomic mass is 15.5. The van der Waals surface area contributed by atoms with Crippen molar-refractivity contribution < 1.29 is 0 Å². The molecule has 1 aromatic carbocycles. The zero-order chi connectivity index (χ0) is 8.93. The van der Waals surface area contributed by atoms with Crippen LogP contribution >= 0.6 is 0 Å². The predicted molar refractivity (Wildman–Crippen MR) is 53.1 cm³/mol. The molecule has 0 bridgehead atoms. The third kappa shape index (κ3) is 2.54. The van der Waals surface area contributed by atoms with Crippen molar-refractivity contribution in [2.75, 3.05) is 13.1 Å². The van der Waals surface area contributed by atoms with Crippen LogP contribution in [-0.2, 0) is 6.54 Å². The van der Waals surface area contributed by atoms with Gasteiger partial charge in [-0.1, -0.05) is 30.3 Å². The molecule has 0 saturated carbocycles. The second-order valence-corrected chi connectivity index (χ2v) is 3.45. The fourth-order valence-electron chi connectivity index (χ4n) is 1.61. The molecule has 0 aromatic heterocycles. The van der Waals surface area contributed by atoms with Crippen LogP contribution in [0, 0.1) is 0 Å². The average Bonchev–Trinajstić information content (AvgIpc) is 2.69. The summed E-state index contributed by atoms with van der Waals surface area (Å²) in [5.74, 6) is 0. The minimum atomic E-state index is 0.834. The van der Waals surface area contributed by atoms with Gasteiger partial charge in [0.1, 0.15) is 0 Å². The molecule has 0 unspecified atom stereocenters. The summed E-state index contributed by atoms with van der Waals surface area (Å²) in [6.45, 7) is 3.13. The van der Waals surface area contributed by atoms with Gasteiger partial charge in [0.25, 0.3) is 0 Å².